The van der Waals surface area contributed by atoms with E-state index in [1.165, 1.54) is 25.7 Å². The van der Waals surface area contributed by atoms with Gasteiger partial charge in [-0.2, -0.15) is 4.98 Å². The van der Waals surface area contributed by atoms with E-state index in [-0.39, 0.29) is 0 Å². The molecule has 0 aromatic carbocycles. The van der Waals surface area contributed by atoms with Crippen LogP contribution in [0, 0.1) is 0 Å². The highest BCUT2D eigenvalue weighted by Gasteiger charge is 2.15. The zero-order chi connectivity index (χ0) is 13.6. The lowest BCUT2D eigenvalue weighted by molar-refractivity contribution is 0.477. The molecule has 110 valence electrons. The monoisotopic (exact) mass is 275 g/mol. The summed E-state index contributed by atoms with van der Waals surface area (Å²) in [5, 5.41) is 6.87. The van der Waals surface area contributed by atoms with E-state index < -0.39 is 0 Å². The Morgan fingerprint density at radius 1 is 1.10 bits per heavy atom. The lowest BCUT2D eigenvalue weighted by Gasteiger charge is -2.25. The first kappa shape index (κ1) is 13.6. The maximum Gasteiger partial charge on any atom is 0.224 e. The van der Waals surface area contributed by atoms with E-state index in [0.717, 1.165) is 50.8 Å². The van der Waals surface area contributed by atoms with E-state index in [1.807, 2.05) is 12.3 Å². The molecule has 2 aliphatic rings. The first-order valence-electron chi connectivity index (χ1n) is 7.97. The summed E-state index contributed by atoms with van der Waals surface area (Å²) in [6, 6.07) is 2.55. The van der Waals surface area contributed by atoms with Gasteiger partial charge in [0.25, 0.3) is 0 Å². The second kappa shape index (κ2) is 6.88. The van der Waals surface area contributed by atoms with Crippen molar-refractivity contribution in [3.63, 3.8) is 0 Å². The SMILES string of the molecule is c1cc(N2CCCCCC2)nc(NC2CCNCC2)n1. The smallest absolute Gasteiger partial charge is 0.224 e. The van der Waals surface area contributed by atoms with E-state index in [4.69, 9.17) is 4.98 Å². The first-order valence-corrected chi connectivity index (χ1v) is 7.97. The van der Waals surface area contributed by atoms with Gasteiger partial charge in [-0.05, 0) is 44.8 Å². The van der Waals surface area contributed by atoms with Crippen LogP contribution in [0.5, 0.6) is 0 Å². The van der Waals surface area contributed by atoms with E-state index in [2.05, 4.69) is 20.5 Å². The summed E-state index contributed by atoms with van der Waals surface area (Å²) in [4.78, 5) is 11.5. The van der Waals surface area contributed by atoms with Crippen molar-refractivity contribution in [3.05, 3.63) is 12.3 Å². The lowest BCUT2D eigenvalue weighted by atomic mass is 10.1. The second-order valence-electron chi connectivity index (χ2n) is 5.81. The van der Waals surface area contributed by atoms with E-state index >= 15 is 0 Å². The molecule has 1 aromatic rings. The summed E-state index contributed by atoms with van der Waals surface area (Å²) in [5.41, 5.74) is 0. The van der Waals surface area contributed by atoms with Gasteiger partial charge in [0.2, 0.25) is 5.95 Å². The van der Waals surface area contributed by atoms with Crippen LogP contribution >= 0.6 is 0 Å². The zero-order valence-electron chi connectivity index (χ0n) is 12.1. The molecule has 0 saturated carbocycles. The summed E-state index contributed by atoms with van der Waals surface area (Å²) >= 11 is 0. The number of hydrogen-bond acceptors (Lipinski definition) is 5. The molecular weight excluding hydrogens is 250 g/mol. The van der Waals surface area contributed by atoms with Gasteiger partial charge in [-0.15, -0.1) is 0 Å². The van der Waals surface area contributed by atoms with Crippen LogP contribution in [0.25, 0.3) is 0 Å². The van der Waals surface area contributed by atoms with Crippen molar-refractivity contribution in [2.75, 3.05) is 36.4 Å². The van der Waals surface area contributed by atoms with Crippen LogP contribution in [-0.2, 0) is 0 Å². The average Bonchev–Trinajstić information content (AvgIpc) is 2.78. The number of nitrogens with one attached hydrogen (secondary N) is 2. The number of piperidine rings is 1. The minimum absolute atomic E-state index is 0.510. The molecule has 0 amide bonds. The Bertz CT molecular complexity index is 408. The maximum absolute atomic E-state index is 4.72. The molecule has 0 bridgehead atoms. The van der Waals surface area contributed by atoms with E-state index in [1.54, 1.807) is 0 Å². The van der Waals surface area contributed by atoms with Crippen molar-refractivity contribution < 1.29 is 0 Å². The van der Waals surface area contributed by atoms with Crippen LogP contribution in [0.2, 0.25) is 0 Å². The van der Waals surface area contributed by atoms with Crippen LogP contribution in [0.15, 0.2) is 12.3 Å². The van der Waals surface area contributed by atoms with Crippen molar-refractivity contribution in [3.8, 4) is 0 Å². The molecule has 0 atom stereocenters. The Hall–Kier alpha value is -1.36. The first-order chi connectivity index (χ1) is 9.92. The molecule has 5 heteroatoms. The predicted octanol–water partition coefficient (Wildman–Crippen LogP) is 2.02. The largest absolute Gasteiger partial charge is 0.356 e. The Balaban J connectivity index is 1.65. The number of rotatable bonds is 3. The van der Waals surface area contributed by atoms with Gasteiger partial charge in [-0.1, -0.05) is 12.8 Å². The fourth-order valence-electron chi connectivity index (χ4n) is 3.04. The van der Waals surface area contributed by atoms with Gasteiger partial charge >= 0.3 is 0 Å². The van der Waals surface area contributed by atoms with Gasteiger partial charge in [0.05, 0.1) is 0 Å². The lowest BCUT2D eigenvalue weighted by Crippen LogP contribution is -2.36. The summed E-state index contributed by atoms with van der Waals surface area (Å²) in [7, 11) is 0. The van der Waals surface area contributed by atoms with E-state index in [9.17, 15) is 0 Å². The molecule has 20 heavy (non-hydrogen) atoms. The molecule has 0 unspecified atom stereocenters. The quantitative estimate of drug-likeness (QED) is 0.884. The van der Waals surface area contributed by atoms with E-state index in [0.29, 0.717) is 6.04 Å². The highest BCUT2D eigenvalue weighted by Crippen LogP contribution is 2.18. The van der Waals surface area contributed by atoms with Gasteiger partial charge in [-0.25, -0.2) is 4.98 Å². The summed E-state index contributed by atoms with van der Waals surface area (Å²) in [5.74, 6) is 1.87. The Morgan fingerprint density at radius 3 is 2.60 bits per heavy atom. The molecule has 0 spiro atoms. The molecule has 2 aliphatic heterocycles. The average molecular weight is 275 g/mol. The minimum Gasteiger partial charge on any atom is -0.356 e. The van der Waals surface area contributed by atoms with Crippen LogP contribution in [-0.4, -0.2) is 42.2 Å². The molecule has 0 radical (unpaired) electrons. The Morgan fingerprint density at radius 2 is 1.85 bits per heavy atom. The second-order valence-corrected chi connectivity index (χ2v) is 5.81. The van der Waals surface area contributed by atoms with Gasteiger partial charge in [0, 0.05) is 25.3 Å². The van der Waals surface area contributed by atoms with Gasteiger partial charge in [-0.3, -0.25) is 0 Å². The molecule has 3 rings (SSSR count). The zero-order valence-corrected chi connectivity index (χ0v) is 12.1. The van der Waals surface area contributed by atoms with Gasteiger partial charge in [0.1, 0.15) is 5.82 Å². The molecule has 2 N–H and O–H groups in total. The molecule has 5 nitrogen and oxygen atoms in total. The van der Waals surface area contributed by atoms with Crippen LogP contribution in [0.4, 0.5) is 11.8 Å². The maximum atomic E-state index is 4.72. The molecule has 2 saturated heterocycles. The Labute approximate surface area is 121 Å². The number of aromatic nitrogens is 2. The van der Waals surface area contributed by atoms with Crippen molar-refractivity contribution in [1.82, 2.24) is 15.3 Å². The molecule has 0 aliphatic carbocycles. The number of anilines is 2. The fraction of sp³-hybridized carbons (Fsp3) is 0.733. The third kappa shape index (κ3) is 3.60. The van der Waals surface area contributed by atoms with Crippen molar-refractivity contribution >= 4 is 11.8 Å². The molecular formula is C15H25N5. The third-order valence-corrected chi connectivity index (χ3v) is 4.24. The predicted molar refractivity (Wildman–Crippen MR) is 82.2 cm³/mol. The van der Waals surface area contributed by atoms with Crippen molar-refractivity contribution in [2.24, 2.45) is 0 Å². The topological polar surface area (TPSA) is 53.1 Å². The van der Waals surface area contributed by atoms with Gasteiger partial charge < -0.3 is 15.5 Å². The minimum atomic E-state index is 0.510. The van der Waals surface area contributed by atoms with Crippen molar-refractivity contribution in [1.29, 1.82) is 0 Å². The summed E-state index contributed by atoms with van der Waals surface area (Å²) < 4.78 is 0. The van der Waals surface area contributed by atoms with Crippen LogP contribution < -0.4 is 15.5 Å². The van der Waals surface area contributed by atoms with Crippen molar-refractivity contribution in [2.45, 2.75) is 44.6 Å². The summed E-state index contributed by atoms with van der Waals surface area (Å²) in [6.45, 7) is 4.43. The number of nitrogens with zero attached hydrogens (tertiary/aromatic N) is 3. The standard InChI is InChI=1S/C15H25N5/c1-2-4-12-20(11-3-1)14-7-10-17-15(19-14)18-13-5-8-16-9-6-13/h7,10,13,16H,1-6,8-9,11-12H2,(H,17,18,19). The Kier molecular flexibility index (Phi) is 4.69. The highest BCUT2D eigenvalue weighted by molar-refractivity contribution is 5.42. The normalized spacial score (nSPS) is 21.5. The third-order valence-electron chi connectivity index (χ3n) is 4.24. The molecule has 3 heterocycles. The number of hydrogen-bond donors (Lipinski definition) is 2. The van der Waals surface area contributed by atoms with Crippen LogP contribution in [0.1, 0.15) is 38.5 Å². The molecule has 2 fully saturated rings. The highest BCUT2D eigenvalue weighted by atomic mass is 15.2. The van der Waals surface area contributed by atoms with Gasteiger partial charge in [0.15, 0.2) is 0 Å². The molecule has 1 aromatic heterocycles. The fourth-order valence-corrected chi connectivity index (χ4v) is 3.04. The summed E-state index contributed by atoms with van der Waals surface area (Å²) in [6.07, 6.45) is 9.44. The van der Waals surface area contributed by atoms with Crippen LogP contribution in [0.3, 0.4) is 0 Å².